The van der Waals surface area contributed by atoms with Crippen molar-refractivity contribution in [2.45, 2.75) is 18.4 Å². The molecule has 2 amide bonds. The molecule has 3 aliphatic rings. The molecule has 5 rings (SSSR count). The van der Waals surface area contributed by atoms with Gasteiger partial charge in [0.05, 0.1) is 19.7 Å². The number of carbonyl (C=O) groups excluding carboxylic acids is 2. The van der Waals surface area contributed by atoms with Crippen LogP contribution in [-0.4, -0.2) is 74.9 Å². The average Bonchev–Trinajstić information content (AvgIpc) is 2.89. The van der Waals surface area contributed by atoms with E-state index in [1.54, 1.807) is 18.2 Å². The summed E-state index contributed by atoms with van der Waals surface area (Å²) in [5, 5.41) is 5.88. The molecule has 1 unspecified atom stereocenters. The Hall–Kier alpha value is -3.56. The minimum absolute atomic E-state index is 0.146. The number of amides is 2. The highest BCUT2D eigenvalue weighted by molar-refractivity contribution is 5.93. The lowest BCUT2D eigenvalue weighted by molar-refractivity contribution is -0.160. The van der Waals surface area contributed by atoms with Gasteiger partial charge >= 0.3 is 0 Å². The maximum atomic E-state index is 13.2. The Kier molecular flexibility index (Phi) is 7.39. The van der Waals surface area contributed by atoms with Crippen molar-refractivity contribution in [3.63, 3.8) is 0 Å². The lowest BCUT2D eigenvalue weighted by Crippen LogP contribution is -2.60. The van der Waals surface area contributed by atoms with Crippen LogP contribution in [0.4, 0.5) is 5.69 Å². The average molecular weight is 494 g/mol. The number of anilines is 1. The molecule has 2 aromatic carbocycles. The quantitative estimate of drug-likeness (QED) is 0.633. The molecule has 3 aliphatic heterocycles. The Bertz CT molecular complexity index is 1140. The Morgan fingerprint density at radius 2 is 1.81 bits per heavy atom. The minimum Gasteiger partial charge on any atom is -0.491 e. The van der Waals surface area contributed by atoms with E-state index in [0.29, 0.717) is 76.1 Å². The molecule has 1 fully saturated rings. The second kappa shape index (κ2) is 11.0. The van der Waals surface area contributed by atoms with Crippen LogP contribution in [0.5, 0.6) is 17.2 Å². The van der Waals surface area contributed by atoms with Crippen molar-refractivity contribution < 1.29 is 28.5 Å². The fraction of sp³-hybridized carbons (Fsp3) is 0.407. The van der Waals surface area contributed by atoms with Gasteiger partial charge in [-0.2, -0.15) is 0 Å². The number of morpholine rings is 1. The van der Waals surface area contributed by atoms with Gasteiger partial charge in [0.1, 0.15) is 25.6 Å². The predicted molar refractivity (Wildman–Crippen MR) is 134 cm³/mol. The third-order valence-electron chi connectivity index (χ3n) is 6.44. The van der Waals surface area contributed by atoms with E-state index in [4.69, 9.17) is 18.9 Å². The zero-order valence-corrected chi connectivity index (χ0v) is 20.2. The molecule has 0 bridgehead atoms. The molecular weight excluding hydrogens is 462 g/mol. The normalized spacial score (nSPS) is 23.3. The van der Waals surface area contributed by atoms with E-state index in [1.807, 2.05) is 41.3 Å². The van der Waals surface area contributed by atoms with Gasteiger partial charge in [0.15, 0.2) is 17.1 Å². The maximum absolute atomic E-state index is 13.2. The highest BCUT2D eigenvalue weighted by atomic mass is 16.6. The van der Waals surface area contributed by atoms with Crippen molar-refractivity contribution in [1.82, 2.24) is 10.2 Å². The van der Waals surface area contributed by atoms with Crippen molar-refractivity contribution >= 4 is 17.5 Å². The summed E-state index contributed by atoms with van der Waals surface area (Å²) < 4.78 is 23.1. The number of carbonyl (C=O) groups is 2. The third-order valence-corrected chi connectivity index (χ3v) is 6.44. The van der Waals surface area contributed by atoms with Crippen LogP contribution < -0.4 is 24.8 Å². The van der Waals surface area contributed by atoms with Gasteiger partial charge in [-0.25, -0.2) is 0 Å². The lowest BCUT2D eigenvalue weighted by Gasteiger charge is -2.41. The van der Waals surface area contributed by atoms with Gasteiger partial charge < -0.3 is 29.6 Å². The van der Waals surface area contributed by atoms with Crippen LogP contribution in [0.25, 0.3) is 0 Å². The molecular formula is C27H31N3O6. The summed E-state index contributed by atoms with van der Waals surface area (Å²) in [5.41, 5.74) is 0.668. The van der Waals surface area contributed by atoms with E-state index in [0.717, 1.165) is 11.3 Å². The summed E-state index contributed by atoms with van der Waals surface area (Å²) in [5.74, 6) is 1.76. The van der Waals surface area contributed by atoms with Crippen LogP contribution in [0.2, 0.25) is 0 Å². The first-order chi connectivity index (χ1) is 17.6. The number of nitrogens with one attached hydrogen (secondary N) is 2. The van der Waals surface area contributed by atoms with Crippen molar-refractivity contribution in [3.8, 4) is 17.2 Å². The number of hydrogen-bond donors (Lipinski definition) is 2. The highest BCUT2D eigenvalue weighted by Crippen LogP contribution is 2.32. The lowest BCUT2D eigenvalue weighted by atomic mass is 9.94. The summed E-state index contributed by atoms with van der Waals surface area (Å²) in [7, 11) is 0. The maximum Gasteiger partial charge on any atom is 0.254 e. The molecule has 190 valence electrons. The first-order valence-electron chi connectivity index (χ1n) is 12.3. The highest BCUT2D eigenvalue weighted by Gasteiger charge is 2.43. The van der Waals surface area contributed by atoms with Gasteiger partial charge in [0.2, 0.25) is 5.91 Å². The van der Waals surface area contributed by atoms with Crippen LogP contribution in [-0.2, 0) is 20.7 Å². The van der Waals surface area contributed by atoms with Crippen LogP contribution in [0.15, 0.2) is 54.6 Å². The molecule has 36 heavy (non-hydrogen) atoms. The summed E-state index contributed by atoms with van der Waals surface area (Å²) in [6.45, 7) is 3.11. The molecule has 9 nitrogen and oxygen atoms in total. The topological polar surface area (TPSA) is 98.4 Å². The molecule has 1 atom stereocenters. The van der Waals surface area contributed by atoms with Crippen molar-refractivity contribution in [2.24, 2.45) is 0 Å². The third kappa shape index (κ3) is 5.63. The number of para-hydroxylation sites is 1. The fourth-order valence-corrected chi connectivity index (χ4v) is 4.65. The number of rotatable bonds is 3. The second-order valence-corrected chi connectivity index (χ2v) is 9.05. The Balaban J connectivity index is 1.24. The van der Waals surface area contributed by atoms with Gasteiger partial charge in [0.25, 0.3) is 5.91 Å². The van der Waals surface area contributed by atoms with Gasteiger partial charge in [-0.05, 0) is 30.2 Å². The minimum atomic E-state index is -1.06. The number of hydrogen-bond acceptors (Lipinski definition) is 7. The Morgan fingerprint density at radius 1 is 0.972 bits per heavy atom. The van der Waals surface area contributed by atoms with Crippen molar-refractivity contribution in [2.75, 3.05) is 57.9 Å². The second-order valence-electron chi connectivity index (χ2n) is 9.05. The number of ether oxygens (including phenoxy) is 4. The largest absolute Gasteiger partial charge is 0.491 e. The number of fused-ring (bicyclic) bond motifs is 2. The first kappa shape index (κ1) is 24.1. The van der Waals surface area contributed by atoms with E-state index < -0.39 is 5.60 Å². The molecule has 9 heteroatoms. The molecule has 1 saturated heterocycles. The SMILES string of the molecule is O=C(CN1CCOC2(C/C=C/Cc3ccccc3OCCNC2=O)C1)Nc1ccc2c(c1)OCCO2. The zero-order valence-electron chi connectivity index (χ0n) is 20.2. The van der Waals surface area contributed by atoms with Crippen molar-refractivity contribution in [3.05, 3.63) is 60.2 Å². The molecule has 0 aliphatic carbocycles. The molecule has 0 aromatic heterocycles. The van der Waals surface area contributed by atoms with Crippen molar-refractivity contribution in [1.29, 1.82) is 0 Å². The molecule has 1 spiro atoms. The summed E-state index contributed by atoms with van der Waals surface area (Å²) in [6.07, 6.45) is 5.14. The predicted octanol–water partition coefficient (Wildman–Crippen LogP) is 2.16. The molecule has 0 saturated carbocycles. The summed E-state index contributed by atoms with van der Waals surface area (Å²) in [4.78, 5) is 28.0. The van der Waals surface area contributed by atoms with E-state index in [-0.39, 0.29) is 18.4 Å². The number of nitrogens with zero attached hydrogens (tertiary/aromatic N) is 1. The molecule has 3 heterocycles. The summed E-state index contributed by atoms with van der Waals surface area (Å²) in [6, 6.07) is 13.3. The van der Waals surface area contributed by atoms with Crippen LogP contribution in [0.1, 0.15) is 12.0 Å². The van der Waals surface area contributed by atoms with E-state index in [2.05, 4.69) is 10.6 Å². The molecule has 0 radical (unpaired) electrons. The summed E-state index contributed by atoms with van der Waals surface area (Å²) >= 11 is 0. The van der Waals surface area contributed by atoms with E-state index in [1.165, 1.54) is 0 Å². The zero-order chi connectivity index (χ0) is 24.8. The van der Waals surface area contributed by atoms with Crippen LogP contribution in [0.3, 0.4) is 0 Å². The van der Waals surface area contributed by atoms with Crippen LogP contribution in [0, 0.1) is 0 Å². The van der Waals surface area contributed by atoms with Crippen LogP contribution >= 0.6 is 0 Å². The molecule has 2 aromatic rings. The molecule has 2 N–H and O–H groups in total. The van der Waals surface area contributed by atoms with Gasteiger partial charge in [-0.15, -0.1) is 0 Å². The van der Waals surface area contributed by atoms with Gasteiger partial charge in [0, 0.05) is 31.3 Å². The first-order valence-corrected chi connectivity index (χ1v) is 12.3. The fourth-order valence-electron chi connectivity index (χ4n) is 4.65. The van der Waals surface area contributed by atoms with E-state index in [9.17, 15) is 9.59 Å². The number of allylic oxidation sites excluding steroid dienone is 1. The van der Waals surface area contributed by atoms with Gasteiger partial charge in [-0.1, -0.05) is 30.4 Å². The Morgan fingerprint density at radius 3 is 2.72 bits per heavy atom. The Labute approximate surface area is 210 Å². The monoisotopic (exact) mass is 493 g/mol. The van der Waals surface area contributed by atoms with E-state index >= 15 is 0 Å². The smallest absolute Gasteiger partial charge is 0.254 e. The standard InChI is InChI=1S/C27H31N3O6/c31-25(29-21-8-9-23-24(17-21)35-16-15-34-23)18-30-12-14-36-27(19-30)10-4-3-6-20-5-1-2-7-22(20)33-13-11-28-26(27)32/h1-5,7-9,17H,6,10-16,18-19H2,(H,28,32)(H,29,31)/b4-3+. The van der Waals surface area contributed by atoms with Gasteiger partial charge in [-0.3, -0.25) is 14.5 Å². The number of benzene rings is 2.